The van der Waals surface area contributed by atoms with Gasteiger partial charge < -0.3 is 14.4 Å². The average molecular weight is 375 g/mol. The Hall–Kier alpha value is -0.700. The molecule has 2 saturated heterocycles. The predicted molar refractivity (Wildman–Crippen MR) is 93.7 cm³/mol. The van der Waals surface area contributed by atoms with Gasteiger partial charge in [0.1, 0.15) is 5.60 Å². The molecule has 0 aromatic carbocycles. The second kappa shape index (κ2) is 7.90. The summed E-state index contributed by atoms with van der Waals surface area (Å²) >= 11 is 0. The maximum atomic E-state index is 12.7. The number of nitrogens with one attached hydrogen (secondary N) is 1. The van der Waals surface area contributed by atoms with Gasteiger partial charge in [-0.1, -0.05) is 12.8 Å². The fourth-order valence-corrected chi connectivity index (χ4v) is 4.70. The van der Waals surface area contributed by atoms with E-state index < -0.39 is 15.6 Å². The minimum absolute atomic E-state index is 0.164. The third-order valence-electron chi connectivity index (χ3n) is 5.55. The van der Waals surface area contributed by atoms with Crippen molar-refractivity contribution in [3.05, 3.63) is 0 Å². The first-order valence-electron chi connectivity index (χ1n) is 9.33. The van der Waals surface area contributed by atoms with Crippen LogP contribution in [0.2, 0.25) is 0 Å². The molecule has 1 amide bonds. The minimum Gasteiger partial charge on any atom is -0.377 e. The standard InChI is InChI=1S/C17H30N2O5S/c1-25(21,22)18-11-15-6-7-17(24-15)12-19(8-9-23-13-17)16(20)10-14-4-2-3-5-14/h14-15,18H,2-13H2,1H3/t15-,17-/m0/s1. The lowest BCUT2D eigenvalue weighted by Gasteiger charge is -2.32. The molecule has 3 rings (SSSR count). The molecule has 0 unspecified atom stereocenters. The van der Waals surface area contributed by atoms with Gasteiger partial charge in [-0.25, -0.2) is 13.1 Å². The van der Waals surface area contributed by atoms with Crippen molar-refractivity contribution in [3.63, 3.8) is 0 Å². The maximum absolute atomic E-state index is 12.7. The van der Waals surface area contributed by atoms with Crippen LogP contribution in [0.4, 0.5) is 0 Å². The highest BCUT2D eigenvalue weighted by atomic mass is 32.2. The quantitative estimate of drug-likeness (QED) is 0.773. The molecule has 0 aromatic heterocycles. The van der Waals surface area contributed by atoms with Crippen LogP contribution in [0.3, 0.4) is 0 Å². The van der Waals surface area contributed by atoms with E-state index in [2.05, 4.69) is 4.72 Å². The van der Waals surface area contributed by atoms with Gasteiger partial charge in [-0.05, 0) is 31.6 Å². The first-order valence-corrected chi connectivity index (χ1v) is 11.2. The molecule has 0 radical (unpaired) electrons. The Balaban J connectivity index is 1.56. The number of ether oxygens (including phenoxy) is 2. The Morgan fingerprint density at radius 3 is 2.76 bits per heavy atom. The van der Waals surface area contributed by atoms with Crippen LogP contribution in [0.1, 0.15) is 44.9 Å². The van der Waals surface area contributed by atoms with Gasteiger partial charge in [0.2, 0.25) is 15.9 Å². The van der Waals surface area contributed by atoms with E-state index in [9.17, 15) is 13.2 Å². The van der Waals surface area contributed by atoms with Crippen molar-refractivity contribution < 1.29 is 22.7 Å². The zero-order chi connectivity index (χ0) is 17.9. The van der Waals surface area contributed by atoms with E-state index >= 15 is 0 Å². The number of amides is 1. The lowest BCUT2D eigenvalue weighted by molar-refractivity contribution is -0.136. The number of nitrogens with zero attached hydrogens (tertiary/aromatic N) is 1. The molecular weight excluding hydrogens is 344 g/mol. The van der Waals surface area contributed by atoms with Crippen LogP contribution in [-0.4, -0.2) is 70.0 Å². The van der Waals surface area contributed by atoms with Gasteiger partial charge >= 0.3 is 0 Å². The van der Waals surface area contributed by atoms with Crippen molar-refractivity contribution in [2.45, 2.75) is 56.7 Å². The summed E-state index contributed by atoms with van der Waals surface area (Å²) in [5, 5.41) is 0. The van der Waals surface area contributed by atoms with Crippen molar-refractivity contribution in [1.82, 2.24) is 9.62 Å². The maximum Gasteiger partial charge on any atom is 0.223 e. The van der Waals surface area contributed by atoms with Crippen molar-refractivity contribution in [1.29, 1.82) is 0 Å². The molecule has 8 heteroatoms. The van der Waals surface area contributed by atoms with Crippen molar-refractivity contribution in [3.8, 4) is 0 Å². The molecule has 7 nitrogen and oxygen atoms in total. The molecule has 1 spiro atoms. The highest BCUT2D eigenvalue weighted by Crippen LogP contribution is 2.34. The Bertz CT molecular complexity index is 576. The summed E-state index contributed by atoms with van der Waals surface area (Å²) < 4.78 is 36.9. The molecule has 2 aliphatic heterocycles. The van der Waals surface area contributed by atoms with Gasteiger partial charge in [0, 0.05) is 19.5 Å². The molecule has 1 N–H and O–H groups in total. The van der Waals surface area contributed by atoms with Crippen LogP contribution >= 0.6 is 0 Å². The number of carbonyl (C=O) groups is 1. The lowest BCUT2D eigenvalue weighted by atomic mass is 9.98. The molecule has 0 bridgehead atoms. The summed E-state index contributed by atoms with van der Waals surface area (Å²) in [5.41, 5.74) is -0.494. The van der Waals surface area contributed by atoms with E-state index in [-0.39, 0.29) is 18.6 Å². The number of carbonyl (C=O) groups excluding carboxylic acids is 1. The second-order valence-corrected chi connectivity index (χ2v) is 9.64. The van der Waals surface area contributed by atoms with Gasteiger partial charge in [-0.2, -0.15) is 0 Å². The summed E-state index contributed by atoms with van der Waals surface area (Å²) in [6.45, 7) is 2.44. The van der Waals surface area contributed by atoms with E-state index in [4.69, 9.17) is 9.47 Å². The third-order valence-corrected chi connectivity index (χ3v) is 6.24. The number of sulfonamides is 1. The zero-order valence-electron chi connectivity index (χ0n) is 15.0. The SMILES string of the molecule is CS(=O)(=O)NC[C@@H]1CC[C@]2(COCCN(C(=O)CC3CCCC3)C2)O1. The van der Waals surface area contributed by atoms with Crippen LogP contribution in [0, 0.1) is 5.92 Å². The van der Waals surface area contributed by atoms with Crippen LogP contribution in [0.15, 0.2) is 0 Å². The normalized spacial score (nSPS) is 31.6. The summed E-state index contributed by atoms with van der Waals surface area (Å²) in [5.74, 6) is 0.738. The molecule has 1 saturated carbocycles. The molecule has 1 aliphatic carbocycles. The first kappa shape index (κ1) is 19.1. The molecule has 0 aromatic rings. The largest absolute Gasteiger partial charge is 0.377 e. The van der Waals surface area contributed by atoms with E-state index in [0.717, 1.165) is 31.9 Å². The summed E-state index contributed by atoms with van der Waals surface area (Å²) in [7, 11) is -3.22. The molecule has 3 fully saturated rings. The Morgan fingerprint density at radius 1 is 1.28 bits per heavy atom. The van der Waals surface area contributed by atoms with Gasteiger partial charge in [0.05, 0.1) is 32.1 Å². The van der Waals surface area contributed by atoms with Gasteiger partial charge in [0.15, 0.2) is 0 Å². The molecule has 2 atom stereocenters. The number of hydrogen-bond donors (Lipinski definition) is 1. The second-order valence-electron chi connectivity index (χ2n) is 7.80. The van der Waals surface area contributed by atoms with Gasteiger partial charge in [-0.3, -0.25) is 4.79 Å². The summed E-state index contributed by atoms with van der Waals surface area (Å²) in [6.07, 6.45) is 7.99. The summed E-state index contributed by atoms with van der Waals surface area (Å²) in [6, 6.07) is 0. The molecular formula is C17H30N2O5S. The molecule has 25 heavy (non-hydrogen) atoms. The van der Waals surface area contributed by atoms with Crippen LogP contribution in [0.5, 0.6) is 0 Å². The first-order chi connectivity index (χ1) is 11.9. The predicted octanol–water partition coefficient (Wildman–Crippen LogP) is 0.893. The van der Waals surface area contributed by atoms with Gasteiger partial charge in [0.25, 0.3) is 0 Å². The highest BCUT2D eigenvalue weighted by molar-refractivity contribution is 7.88. The highest BCUT2D eigenvalue weighted by Gasteiger charge is 2.44. The molecule has 3 aliphatic rings. The van der Waals surface area contributed by atoms with Crippen LogP contribution in [-0.2, 0) is 24.3 Å². The van der Waals surface area contributed by atoms with Crippen molar-refractivity contribution in [2.24, 2.45) is 5.92 Å². The third kappa shape index (κ3) is 5.39. The van der Waals surface area contributed by atoms with Crippen molar-refractivity contribution in [2.75, 3.05) is 39.1 Å². The number of hydrogen-bond acceptors (Lipinski definition) is 5. The molecule has 2 heterocycles. The zero-order valence-corrected chi connectivity index (χ0v) is 15.9. The van der Waals surface area contributed by atoms with Crippen molar-refractivity contribution >= 4 is 15.9 Å². The fourth-order valence-electron chi connectivity index (χ4n) is 4.21. The monoisotopic (exact) mass is 374 g/mol. The van der Waals surface area contributed by atoms with E-state index in [1.54, 1.807) is 0 Å². The molecule has 144 valence electrons. The lowest BCUT2D eigenvalue weighted by Crippen LogP contribution is -2.47. The van der Waals surface area contributed by atoms with E-state index in [0.29, 0.717) is 38.6 Å². The smallest absolute Gasteiger partial charge is 0.223 e. The van der Waals surface area contributed by atoms with E-state index in [1.165, 1.54) is 12.8 Å². The fraction of sp³-hybridized carbons (Fsp3) is 0.941. The topological polar surface area (TPSA) is 84.9 Å². The average Bonchev–Trinajstić information content (AvgIpc) is 3.12. The van der Waals surface area contributed by atoms with E-state index in [1.807, 2.05) is 4.90 Å². The van der Waals surface area contributed by atoms with Crippen LogP contribution in [0.25, 0.3) is 0 Å². The van der Waals surface area contributed by atoms with Gasteiger partial charge in [-0.15, -0.1) is 0 Å². The van der Waals surface area contributed by atoms with Crippen LogP contribution < -0.4 is 4.72 Å². The Kier molecular flexibility index (Phi) is 6.03. The Morgan fingerprint density at radius 2 is 2.04 bits per heavy atom. The summed E-state index contributed by atoms with van der Waals surface area (Å²) in [4.78, 5) is 14.6. The number of rotatable bonds is 5. The minimum atomic E-state index is -3.22. The Labute approximate surface area is 150 Å².